The molecule has 0 aliphatic heterocycles. The number of imidazole rings is 1. The third-order valence-corrected chi connectivity index (χ3v) is 2.64. The Hall–Kier alpha value is -1.84. The van der Waals surface area contributed by atoms with E-state index in [1.807, 2.05) is 10.8 Å². The second kappa shape index (κ2) is 4.57. The van der Waals surface area contributed by atoms with Crippen molar-refractivity contribution < 1.29 is 4.39 Å². The zero-order valence-corrected chi connectivity index (χ0v) is 10.2. The summed E-state index contributed by atoms with van der Waals surface area (Å²) in [5.74, 6) is 0.578. The smallest absolute Gasteiger partial charge is 0.207 e. The molecule has 0 aliphatic carbocycles. The first-order chi connectivity index (χ1) is 8.08. The molecule has 1 aromatic heterocycles. The third kappa shape index (κ3) is 2.46. The van der Waals surface area contributed by atoms with Gasteiger partial charge in [0.15, 0.2) is 0 Å². The molecule has 0 radical (unpaired) electrons. The highest BCUT2D eigenvalue weighted by Crippen LogP contribution is 2.20. The van der Waals surface area contributed by atoms with E-state index in [9.17, 15) is 4.39 Å². The van der Waals surface area contributed by atoms with Gasteiger partial charge in [0, 0.05) is 24.1 Å². The maximum Gasteiger partial charge on any atom is 0.207 e. The normalized spacial score (nSPS) is 10.9. The van der Waals surface area contributed by atoms with Crippen molar-refractivity contribution in [2.75, 3.05) is 5.32 Å². The SMILES string of the molecule is Cc1cc(Nc2nccn2C(C)C)ccc1F. The first-order valence-electron chi connectivity index (χ1n) is 5.64. The number of nitrogens with one attached hydrogen (secondary N) is 1. The number of nitrogens with zero attached hydrogens (tertiary/aromatic N) is 2. The van der Waals surface area contributed by atoms with Crippen LogP contribution in [0.1, 0.15) is 25.5 Å². The second-order valence-electron chi connectivity index (χ2n) is 4.34. The summed E-state index contributed by atoms with van der Waals surface area (Å²) in [5, 5.41) is 3.19. The van der Waals surface area contributed by atoms with Crippen LogP contribution in [-0.2, 0) is 0 Å². The molecule has 2 aromatic rings. The van der Waals surface area contributed by atoms with Crippen molar-refractivity contribution in [1.82, 2.24) is 9.55 Å². The maximum absolute atomic E-state index is 13.1. The van der Waals surface area contributed by atoms with E-state index in [4.69, 9.17) is 0 Å². The van der Waals surface area contributed by atoms with E-state index in [2.05, 4.69) is 24.1 Å². The van der Waals surface area contributed by atoms with E-state index in [1.54, 1.807) is 25.3 Å². The van der Waals surface area contributed by atoms with Gasteiger partial charge in [0.05, 0.1) is 0 Å². The Morgan fingerprint density at radius 2 is 2.12 bits per heavy atom. The molecule has 3 nitrogen and oxygen atoms in total. The van der Waals surface area contributed by atoms with E-state index >= 15 is 0 Å². The Morgan fingerprint density at radius 1 is 1.35 bits per heavy atom. The number of aromatic nitrogens is 2. The molecule has 1 heterocycles. The lowest BCUT2D eigenvalue weighted by atomic mass is 10.2. The van der Waals surface area contributed by atoms with Crippen LogP contribution in [0.25, 0.3) is 0 Å². The summed E-state index contributed by atoms with van der Waals surface area (Å²) in [5.41, 5.74) is 1.47. The van der Waals surface area contributed by atoms with Crippen molar-refractivity contribution >= 4 is 11.6 Å². The largest absolute Gasteiger partial charge is 0.326 e. The topological polar surface area (TPSA) is 29.9 Å². The number of rotatable bonds is 3. The van der Waals surface area contributed by atoms with Gasteiger partial charge < -0.3 is 9.88 Å². The molecule has 90 valence electrons. The number of halogens is 1. The molecule has 0 aliphatic rings. The first-order valence-corrected chi connectivity index (χ1v) is 5.64. The van der Waals surface area contributed by atoms with Crippen LogP contribution in [0.2, 0.25) is 0 Å². The van der Waals surface area contributed by atoms with Crippen LogP contribution in [0.5, 0.6) is 0 Å². The summed E-state index contributed by atoms with van der Waals surface area (Å²) in [4.78, 5) is 4.24. The highest BCUT2D eigenvalue weighted by Gasteiger charge is 2.06. The Kier molecular flexibility index (Phi) is 3.13. The minimum atomic E-state index is -0.192. The van der Waals surface area contributed by atoms with Crippen LogP contribution in [0, 0.1) is 12.7 Å². The Bertz CT molecular complexity index is 517. The summed E-state index contributed by atoms with van der Waals surface area (Å²) in [6, 6.07) is 5.28. The van der Waals surface area contributed by atoms with E-state index in [-0.39, 0.29) is 5.82 Å². The molecule has 0 atom stereocenters. The second-order valence-corrected chi connectivity index (χ2v) is 4.34. The van der Waals surface area contributed by atoms with Crippen molar-refractivity contribution in [2.45, 2.75) is 26.8 Å². The van der Waals surface area contributed by atoms with Gasteiger partial charge in [0.25, 0.3) is 0 Å². The predicted octanol–water partition coefficient (Wildman–Crippen LogP) is 3.66. The summed E-state index contributed by atoms with van der Waals surface area (Å²) in [6.45, 7) is 5.92. The zero-order chi connectivity index (χ0) is 12.4. The predicted molar refractivity (Wildman–Crippen MR) is 67.0 cm³/mol. The molecule has 0 bridgehead atoms. The summed E-state index contributed by atoms with van der Waals surface area (Å²) < 4.78 is 15.2. The molecule has 17 heavy (non-hydrogen) atoms. The van der Waals surface area contributed by atoms with Crippen molar-refractivity contribution in [2.24, 2.45) is 0 Å². The van der Waals surface area contributed by atoms with Crippen LogP contribution in [-0.4, -0.2) is 9.55 Å². The van der Waals surface area contributed by atoms with Crippen molar-refractivity contribution in [3.05, 3.63) is 42.0 Å². The Morgan fingerprint density at radius 3 is 2.76 bits per heavy atom. The summed E-state index contributed by atoms with van der Waals surface area (Å²) in [7, 11) is 0. The minimum Gasteiger partial charge on any atom is -0.326 e. The number of aryl methyl sites for hydroxylation is 1. The number of anilines is 2. The fourth-order valence-electron chi connectivity index (χ4n) is 1.68. The van der Waals surface area contributed by atoms with Gasteiger partial charge >= 0.3 is 0 Å². The molecule has 0 unspecified atom stereocenters. The number of benzene rings is 1. The van der Waals surface area contributed by atoms with Crippen molar-refractivity contribution in [3.8, 4) is 0 Å². The van der Waals surface area contributed by atoms with Gasteiger partial charge in [-0.1, -0.05) is 0 Å². The number of hydrogen-bond acceptors (Lipinski definition) is 2. The molecular weight excluding hydrogens is 217 g/mol. The Balaban J connectivity index is 2.25. The van der Waals surface area contributed by atoms with Crippen molar-refractivity contribution in [1.29, 1.82) is 0 Å². The molecule has 0 fully saturated rings. The van der Waals surface area contributed by atoms with E-state index in [1.165, 1.54) is 6.07 Å². The average molecular weight is 233 g/mol. The van der Waals surface area contributed by atoms with E-state index < -0.39 is 0 Å². The molecule has 0 spiro atoms. The van der Waals surface area contributed by atoms with Gasteiger partial charge in [-0.05, 0) is 44.5 Å². The van der Waals surface area contributed by atoms with Gasteiger partial charge in [-0.15, -0.1) is 0 Å². The molecule has 4 heteroatoms. The quantitative estimate of drug-likeness (QED) is 0.876. The van der Waals surface area contributed by atoms with Crippen LogP contribution >= 0.6 is 0 Å². The zero-order valence-electron chi connectivity index (χ0n) is 10.2. The lowest BCUT2D eigenvalue weighted by Crippen LogP contribution is -2.05. The summed E-state index contributed by atoms with van der Waals surface area (Å²) in [6.07, 6.45) is 3.67. The average Bonchev–Trinajstić information content (AvgIpc) is 2.72. The highest BCUT2D eigenvalue weighted by atomic mass is 19.1. The van der Waals surface area contributed by atoms with Crippen LogP contribution in [0.15, 0.2) is 30.6 Å². The highest BCUT2D eigenvalue weighted by molar-refractivity contribution is 5.54. The first kappa shape index (κ1) is 11.6. The van der Waals surface area contributed by atoms with Gasteiger partial charge in [0.1, 0.15) is 5.82 Å². The molecule has 1 aromatic carbocycles. The fraction of sp³-hybridized carbons (Fsp3) is 0.308. The lowest BCUT2D eigenvalue weighted by Gasteiger charge is -2.13. The van der Waals surface area contributed by atoms with E-state index in [0.29, 0.717) is 11.6 Å². The lowest BCUT2D eigenvalue weighted by molar-refractivity contribution is 0.607. The standard InChI is InChI=1S/C13H16FN3/c1-9(2)17-7-6-15-13(17)16-11-4-5-12(14)10(3)8-11/h4-9H,1-3H3,(H,15,16). The Labute approximate surface area is 100 Å². The van der Waals surface area contributed by atoms with Gasteiger partial charge in [0.2, 0.25) is 5.95 Å². The van der Waals surface area contributed by atoms with Crippen LogP contribution in [0.3, 0.4) is 0 Å². The van der Waals surface area contributed by atoms with Crippen LogP contribution in [0.4, 0.5) is 16.0 Å². The molecule has 0 saturated carbocycles. The fourth-order valence-corrected chi connectivity index (χ4v) is 1.68. The van der Waals surface area contributed by atoms with Crippen LogP contribution < -0.4 is 5.32 Å². The molecule has 1 N–H and O–H groups in total. The summed E-state index contributed by atoms with van der Waals surface area (Å²) >= 11 is 0. The minimum absolute atomic E-state index is 0.192. The van der Waals surface area contributed by atoms with E-state index in [0.717, 1.165) is 11.6 Å². The number of hydrogen-bond donors (Lipinski definition) is 1. The maximum atomic E-state index is 13.1. The van der Waals surface area contributed by atoms with Gasteiger partial charge in [-0.2, -0.15) is 0 Å². The molecular formula is C13H16FN3. The molecule has 0 amide bonds. The monoisotopic (exact) mass is 233 g/mol. The van der Waals surface area contributed by atoms with Crippen molar-refractivity contribution in [3.63, 3.8) is 0 Å². The van der Waals surface area contributed by atoms with Gasteiger partial charge in [-0.3, -0.25) is 0 Å². The molecule has 0 saturated heterocycles. The third-order valence-electron chi connectivity index (χ3n) is 2.64. The molecule has 2 rings (SSSR count). The van der Waals surface area contributed by atoms with Gasteiger partial charge in [-0.25, -0.2) is 9.37 Å².